The molecule has 29 heavy (non-hydrogen) atoms. The number of allylic oxidation sites excluding steroid dienone is 3. The summed E-state index contributed by atoms with van der Waals surface area (Å²) in [6.07, 6.45) is 16.4. The van der Waals surface area contributed by atoms with E-state index in [1.165, 1.54) is 51.4 Å². The van der Waals surface area contributed by atoms with Crippen LogP contribution in [0.2, 0.25) is 18.1 Å². The van der Waals surface area contributed by atoms with Crippen LogP contribution in [0.1, 0.15) is 92.9 Å². The summed E-state index contributed by atoms with van der Waals surface area (Å²) in [7, 11) is -1.68. The zero-order chi connectivity index (χ0) is 21.2. The summed E-state index contributed by atoms with van der Waals surface area (Å²) >= 11 is 0. The highest BCUT2D eigenvalue weighted by Crippen LogP contribution is 2.66. The fourth-order valence-electron chi connectivity index (χ4n) is 7.64. The zero-order valence-corrected chi connectivity index (χ0v) is 21.5. The molecule has 6 atom stereocenters. The van der Waals surface area contributed by atoms with Gasteiger partial charge in [-0.25, -0.2) is 0 Å². The van der Waals surface area contributed by atoms with Crippen molar-refractivity contribution in [1.29, 1.82) is 0 Å². The summed E-state index contributed by atoms with van der Waals surface area (Å²) in [5, 5.41) is 0.306. The Morgan fingerprint density at radius 3 is 2.34 bits per heavy atom. The summed E-state index contributed by atoms with van der Waals surface area (Å²) in [5.41, 5.74) is 4.48. The van der Waals surface area contributed by atoms with E-state index in [2.05, 4.69) is 66.8 Å². The van der Waals surface area contributed by atoms with Crippen molar-refractivity contribution in [2.75, 3.05) is 0 Å². The van der Waals surface area contributed by atoms with E-state index in [9.17, 15) is 0 Å². The summed E-state index contributed by atoms with van der Waals surface area (Å²) in [6.45, 7) is 19.5. The minimum absolute atomic E-state index is 0.306. The van der Waals surface area contributed by atoms with Crippen LogP contribution in [0.4, 0.5) is 0 Å². The van der Waals surface area contributed by atoms with Gasteiger partial charge in [0.2, 0.25) is 0 Å². The Hall–Kier alpha value is -0.343. The van der Waals surface area contributed by atoms with Crippen LogP contribution >= 0.6 is 0 Å². The summed E-state index contributed by atoms with van der Waals surface area (Å²) < 4.78 is 6.88. The van der Waals surface area contributed by atoms with Crippen molar-refractivity contribution < 1.29 is 4.43 Å². The Morgan fingerprint density at radius 2 is 1.69 bits per heavy atom. The van der Waals surface area contributed by atoms with Crippen molar-refractivity contribution in [3.63, 3.8) is 0 Å². The molecule has 3 fully saturated rings. The third-order valence-electron chi connectivity index (χ3n) is 10.5. The van der Waals surface area contributed by atoms with Crippen molar-refractivity contribution >= 4 is 8.32 Å². The molecule has 0 heterocycles. The Morgan fingerprint density at radius 1 is 1.03 bits per heavy atom. The van der Waals surface area contributed by atoms with E-state index in [-0.39, 0.29) is 0 Å². The third-order valence-corrected chi connectivity index (χ3v) is 15.1. The van der Waals surface area contributed by atoms with Crippen molar-refractivity contribution in [3.05, 3.63) is 23.3 Å². The lowest BCUT2D eigenvalue weighted by Crippen LogP contribution is -2.51. The van der Waals surface area contributed by atoms with E-state index >= 15 is 0 Å². The molecular formula is C27H46OSi. The van der Waals surface area contributed by atoms with Gasteiger partial charge in [-0.2, -0.15) is 0 Å². The fourth-order valence-corrected chi connectivity index (χ4v) is 9.03. The predicted octanol–water partition coefficient (Wildman–Crippen LogP) is 8.29. The number of fused-ring (bicyclic) bond motifs is 5. The molecule has 4 aliphatic carbocycles. The summed E-state index contributed by atoms with van der Waals surface area (Å²) in [6, 6.07) is 0. The minimum Gasteiger partial charge on any atom is -0.414 e. The molecule has 0 aromatic carbocycles. The Labute approximate surface area is 181 Å². The van der Waals surface area contributed by atoms with E-state index in [0.717, 1.165) is 17.8 Å². The maximum Gasteiger partial charge on any atom is 0.192 e. The van der Waals surface area contributed by atoms with Crippen LogP contribution in [-0.2, 0) is 4.43 Å². The Bertz CT molecular complexity index is 711. The topological polar surface area (TPSA) is 9.23 Å². The highest BCUT2D eigenvalue weighted by Gasteiger charge is 2.57. The van der Waals surface area contributed by atoms with Gasteiger partial charge >= 0.3 is 0 Å². The normalized spacial score (nSPS) is 44.1. The van der Waals surface area contributed by atoms with E-state index in [4.69, 9.17) is 4.43 Å². The Kier molecular flexibility index (Phi) is 5.35. The van der Waals surface area contributed by atoms with E-state index < -0.39 is 8.32 Å². The van der Waals surface area contributed by atoms with Crippen LogP contribution in [0, 0.1) is 28.6 Å². The smallest absolute Gasteiger partial charge is 0.192 e. The van der Waals surface area contributed by atoms with Gasteiger partial charge in [-0.1, -0.05) is 57.9 Å². The van der Waals surface area contributed by atoms with Crippen LogP contribution in [-0.4, -0.2) is 14.4 Å². The van der Waals surface area contributed by atoms with E-state index in [0.29, 0.717) is 22.0 Å². The molecule has 0 amide bonds. The first-order valence-electron chi connectivity index (χ1n) is 12.5. The van der Waals surface area contributed by atoms with E-state index in [1.54, 1.807) is 11.1 Å². The molecular weight excluding hydrogens is 368 g/mol. The molecule has 0 aromatic rings. The molecule has 0 unspecified atom stereocenters. The largest absolute Gasteiger partial charge is 0.414 e. The van der Waals surface area contributed by atoms with Gasteiger partial charge in [0, 0.05) is 6.10 Å². The van der Waals surface area contributed by atoms with Gasteiger partial charge in [-0.15, -0.1) is 0 Å². The highest BCUT2D eigenvalue weighted by atomic mass is 28.4. The summed E-state index contributed by atoms with van der Waals surface area (Å²) in [4.78, 5) is 0. The average Bonchev–Trinajstić information content (AvgIpc) is 2.97. The predicted molar refractivity (Wildman–Crippen MR) is 128 cm³/mol. The molecule has 0 radical (unpaired) electrons. The monoisotopic (exact) mass is 414 g/mol. The zero-order valence-electron chi connectivity index (χ0n) is 20.5. The molecule has 164 valence electrons. The van der Waals surface area contributed by atoms with Gasteiger partial charge < -0.3 is 4.43 Å². The van der Waals surface area contributed by atoms with Gasteiger partial charge in [0.25, 0.3) is 0 Å². The SMILES string of the molecule is C/C=C1\CC[C@H]2[C@@H]3CC=C4C[C@@H](O[Si](C)(C)C(C)(C)C)CC[C@]4(C)[C@H]3CC[C@]12C. The molecule has 0 aliphatic heterocycles. The van der Waals surface area contributed by atoms with Crippen molar-refractivity contribution in [2.24, 2.45) is 28.6 Å². The van der Waals surface area contributed by atoms with Crippen LogP contribution in [0.3, 0.4) is 0 Å². The van der Waals surface area contributed by atoms with Gasteiger partial charge in [-0.3, -0.25) is 0 Å². The van der Waals surface area contributed by atoms with Crippen molar-refractivity contribution in [2.45, 2.75) is 117 Å². The average molecular weight is 415 g/mol. The molecule has 2 heteroatoms. The molecule has 4 rings (SSSR count). The van der Waals surface area contributed by atoms with Gasteiger partial charge in [0.05, 0.1) is 0 Å². The molecule has 4 aliphatic rings. The van der Waals surface area contributed by atoms with Crippen molar-refractivity contribution in [3.8, 4) is 0 Å². The van der Waals surface area contributed by atoms with E-state index in [1.807, 2.05) is 0 Å². The number of hydrogen-bond donors (Lipinski definition) is 0. The number of rotatable bonds is 2. The first-order chi connectivity index (χ1) is 13.4. The molecule has 0 aromatic heterocycles. The maximum absolute atomic E-state index is 6.88. The molecule has 0 spiro atoms. The second kappa shape index (κ2) is 7.09. The first-order valence-corrected chi connectivity index (χ1v) is 15.4. The Balaban J connectivity index is 1.54. The second-order valence-corrected chi connectivity index (χ2v) is 17.6. The highest BCUT2D eigenvalue weighted by molar-refractivity contribution is 6.74. The van der Waals surface area contributed by atoms with Crippen LogP contribution in [0.15, 0.2) is 23.3 Å². The van der Waals surface area contributed by atoms with Crippen LogP contribution in [0.25, 0.3) is 0 Å². The minimum atomic E-state index is -1.68. The van der Waals surface area contributed by atoms with Gasteiger partial charge in [0.1, 0.15) is 0 Å². The van der Waals surface area contributed by atoms with Gasteiger partial charge in [-0.05, 0) is 105 Å². The van der Waals surface area contributed by atoms with Crippen molar-refractivity contribution in [1.82, 2.24) is 0 Å². The third kappa shape index (κ3) is 3.36. The lowest BCUT2D eigenvalue weighted by Gasteiger charge is -2.58. The quantitative estimate of drug-likeness (QED) is 0.326. The lowest BCUT2D eigenvalue weighted by atomic mass is 9.48. The molecule has 1 nitrogen and oxygen atoms in total. The van der Waals surface area contributed by atoms with Crippen LogP contribution in [0.5, 0.6) is 0 Å². The molecule has 3 saturated carbocycles. The molecule has 0 saturated heterocycles. The maximum atomic E-state index is 6.88. The fraction of sp³-hybridized carbons (Fsp3) is 0.852. The second-order valence-electron chi connectivity index (χ2n) is 12.8. The van der Waals surface area contributed by atoms with Crippen LogP contribution < -0.4 is 0 Å². The number of hydrogen-bond acceptors (Lipinski definition) is 1. The summed E-state index contributed by atoms with van der Waals surface area (Å²) in [5.74, 6) is 2.74. The standard InChI is InChI=1S/C27H46OSi/c1-9-19-11-13-23-22-12-10-20-18-21(28-29(7,8)25(2,3)4)14-16-27(20,6)24(22)15-17-26(19,23)5/h9-10,21-24H,11-18H2,1-8H3/b19-9+/t21-,22-,23-,24-,26+,27-/m0/s1. The molecule has 0 N–H and O–H groups in total. The first kappa shape index (κ1) is 21.9. The lowest BCUT2D eigenvalue weighted by molar-refractivity contribution is -0.0254. The molecule has 0 bridgehead atoms. The van der Waals surface area contributed by atoms with Gasteiger partial charge in [0.15, 0.2) is 8.32 Å².